The number of carbonyl (C=O) groups excluding carboxylic acids is 1. The van der Waals surface area contributed by atoms with E-state index in [-0.39, 0.29) is 18.6 Å². The summed E-state index contributed by atoms with van der Waals surface area (Å²) in [7, 11) is 0. The second-order valence-electron chi connectivity index (χ2n) is 7.72. The topological polar surface area (TPSA) is 65.0 Å². The van der Waals surface area contributed by atoms with Crippen LogP contribution in [0.1, 0.15) is 35.4 Å². The van der Waals surface area contributed by atoms with Gasteiger partial charge in [0.2, 0.25) is 0 Å². The number of aliphatic hydroxyl groups is 1. The second-order valence-corrected chi connectivity index (χ2v) is 8.67. The lowest BCUT2D eigenvalue weighted by Crippen LogP contribution is -2.48. The Bertz CT molecular complexity index is 589. The molecule has 1 amide bonds. The molecule has 0 aliphatic carbocycles. The number of hydrogen-bond donors (Lipinski definition) is 2. The van der Waals surface area contributed by atoms with Crippen LogP contribution in [-0.4, -0.2) is 84.4 Å². The molecule has 0 unspecified atom stereocenters. The maximum Gasteiger partial charge on any atom is 0.263 e. The van der Waals surface area contributed by atoms with Crippen LogP contribution in [0.5, 0.6) is 0 Å². The summed E-state index contributed by atoms with van der Waals surface area (Å²) in [6.45, 7) is 4.69. The van der Waals surface area contributed by atoms with E-state index in [0.717, 1.165) is 63.3 Å². The van der Waals surface area contributed by atoms with Gasteiger partial charge < -0.3 is 20.1 Å². The van der Waals surface area contributed by atoms with Crippen LogP contribution in [0.15, 0.2) is 17.5 Å². The van der Waals surface area contributed by atoms with Crippen molar-refractivity contribution in [2.45, 2.75) is 49.9 Å². The molecular weight excluding hydrogens is 350 g/mol. The first kappa shape index (κ1) is 18.4. The van der Waals surface area contributed by atoms with Gasteiger partial charge in [0.1, 0.15) is 0 Å². The molecule has 0 bridgehead atoms. The maximum absolute atomic E-state index is 12.4. The largest absolute Gasteiger partial charge is 0.396 e. The molecule has 1 aromatic heterocycles. The van der Waals surface area contributed by atoms with Gasteiger partial charge >= 0.3 is 0 Å². The van der Waals surface area contributed by atoms with E-state index in [1.807, 2.05) is 22.4 Å². The standard InChI is InChI=1S/C19H29N3O3S/c23-8-5-17-12-22-11-15(10-16(22)13-25-17)20-14-3-6-21(7-4-14)19(24)18-2-1-9-26-18/h1-2,9,14-17,20,23H,3-8,10-13H2/t15-,16-,17-/m0/s1. The summed E-state index contributed by atoms with van der Waals surface area (Å²) in [6.07, 6.45) is 4.11. The van der Waals surface area contributed by atoms with Crippen LogP contribution in [0.3, 0.4) is 0 Å². The third kappa shape index (κ3) is 4.12. The number of thiophene rings is 1. The van der Waals surface area contributed by atoms with E-state index in [1.54, 1.807) is 0 Å². The summed E-state index contributed by atoms with van der Waals surface area (Å²) in [4.78, 5) is 17.8. The number of likely N-dealkylation sites (tertiary alicyclic amines) is 1. The molecule has 4 heterocycles. The third-order valence-corrected chi connectivity index (χ3v) is 6.78. The molecule has 3 atom stereocenters. The van der Waals surface area contributed by atoms with E-state index in [2.05, 4.69) is 10.2 Å². The smallest absolute Gasteiger partial charge is 0.263 e. The Morgan fingerprint density at radius 1 is 1.31 bits per heavy atom. The van der Waals surface area contributed by atoms with Crippen molar-refractivity contribution in [3.05, 3.63) is 22.4 Å². The number of aliphatic hydroxyl groups excluding tert-OH is 1. The van der Waals surface area contributed by atoms with Crippen molar-refractivity contribution in [2.75, 3.05) is 39.4 Å². The van der Waals surface area contributed by atoms with E-state index in [4.69, 9.17) is 9.84 Å². The molecule has 2 N–H and O–H groups in total. The SMILES string of the molecule is O=C(c1cccs1)N1CCC(N[C@H]2C[C@H]3CO[C@@H](CCO)CN3C2)CC1. The average molecular weight is 380 g/mol. The van der Waals surface area contributed by atoms with Gasteiger partial charge in [-0.2, -0.15) is 0 Å². The molecule has 26 heavy (non-hydrogen) atoms. The van der Waals surface area contributed by atoms with E-state index >= 15 is 0 Å². The molecule has 0 radical (unpaired) electrons. The van der Waals surface area contributed by atoms with Gasteiger partial charge in [0.05, 0.1) is 17.6 Å². The van der Waals surface area contributed by atoms with Crippen LogP contribution in [0.25, 0.3) is 0 Å². The number of nitrogens with one attached hydrogen (secondary N) is 1. The number of fused-ring (bicyclic) bond motifs is 1. The highest BCUT2D eigenvalue weighted by molar-refractivity contribution is 7.12. The van der Waals surface area contributed by atoms with Crippen molar-refractivity contribution >= 4 is 17.2 Å². The lowest BCUT2D eigenvalue weighted by atomic mass is 10.0. The summed E-state index contributed by atoms with van der Waals surface area (Å²) in [5, 5.41) is 14.9. The molecule has 0 aromatic carbocycles. The van der Waals surface area contributed by atoms with E-state index in [9.17, 15) is 4.79 Å². The highest BCUT2D eigenvalue weighted by atomic mass is 32.1. The molecular formula is C19H29N3O3S. The van der Waals surface area contributed by atoms with Gasteiger partial charge in [-0.25, -0.2) is 0 Å². The van der Waals surface area contributed by atoms with Crippen LogP contribution < -0.4 is 5.32 Å². The molecule has 144 valence electrons. The molecule has 7 heteroatoms. The highest BCUT2D eigenvalue weighted by Gasteiger charge is 2.38. The molecule has 6 nitrogen and oxygen atoms in total. The molecule has 4 rings (SSSR count). The zero-order valence-electron chi connectivity index (χ0n) is 15.2. The number of carbonyl (C=O) groups is 1. The normalized spacial score (nSPS) is 30.5. The Morgan fingerprint density at radius 2 is 2.15 bits per heavy atom. The molecule has 0 spiro atoms. The van der Waals surface area contributed by atoms with E-state index in [1.165, 1.54) is 11.3 Å². The number of piperidine rings is 1. The summed E-state index contributed by atoms with van der Waals surface area (Å²) < 4.78 is 5.87. The first-order valence-electron chi connectivity index (χ1n) is 9.78. The third-order valence-electron chi connectivity index (χ3n) is 5.93. The Hall–Kier alpha value is -0.990. The number of hydrogen-bond acceptors (Lipinski definition) is 6. The van der Waals surface area contributed by atoms with Crippen molar-refractivity contribution in [2.24, 2.45) is 0 Å². The number of morpholine rings is 1. The van der Waals surface area contributed by atoms with Crippen molar-refractivity contribution < 1.29 is 14.6 Å². The Labute approximate surface area is 159 Å². The van der Waals surface area contributed by atoms with E-state index < -0.39 is 0 Å². The second kappa shape index (κ2) is 8.35. The molecule has 3 fully saturated rings. The lowest BCUT2D eigenvalue weighted by molar-refractivity contribution is -0.0567. The van der Waals surface area contributed by atoms with Crippen LogP contribution in [0.4, 0.5) is 0 Å². The summed E-state index contributed by atoms with van der Waals surface area (Å²) in [6, 6.07) is 5.39. The minimum absolute atomic E-state index is 0.182. The molecule has 3 aliphatic rings. The number of ether oxygens (including phenoxy) is 1. The Kier molecular flexibility index (Phi) is 5.90. The van der Waals surface area contributed by atoms with Gasteiger partial charge in [-0.1, -0.05) is 6.07 Å². The van der Waals surface area contributed by atoms with Gasteiger partial charge in [-0.15, -0.1) is 11.3 Å². The molecule has 3 saturated heterocycles. The van der Waals surface area contributed by atoms with Crippen molar-refractivity contribution in [1.82, 2.24) is 15.1 Å². The lowest BCUT2D eigenvalue weighted by Gasteiger charge is -2.35. The Morgan fingerprint density at radius 3 is 2.88 bits per heavy atom. The van der Waals surface area contributed by atoms with Gasteiger partial charge in [0.15, 0.2) is 0 Å². The van der Waals surface area contributed by atoms with Crippen molar-refractivity contribution in [3.8, 4) is 0 Å². The first-order chi connectivity index (χ1) is 12.7. The highest BCUT2D eigenvalue weighted by Crippen LogP contribution is 2.25. The van der Waals surface area contributed by atoms with Crippen molar-refractivity contribution in [3.63, 3.8) is 0 Å². The van der Waals surface area contributed by atoms with Crippen LogP contribution >= 0.6 is 11.3 Å². The fourth-order valence-corrected chi connectivity index (χ4v) is 5.21. The number of amides is 1. The monoisotopic (exact) mass is 379 g/mol. The summed E-state index contributed by atoms with van der Waals surface area (Å²) in [5.41, 5.74) is 0. The number of rotatable bonds is 5. The predicted molar refractivity (Wildman–Crippen MR) is 102 cm³/mol. The predicted octanol–water partition coefficient (Wildman–Crippen LogP) is 1.17. The van der Waals surface area contributed by atoms with Crippen LogP contribution in [0.2, 0.25) is 0 Å². The first-order valence-corrected chi connectivity index (χ1v) is 10.7. The van der Waals surface area contributed by atoms with Crippen molar-refractivity contribution in [1.29, 1.82) is 0 Å². The zero-order valence-corrected chi connectivity index (χ0v) is 16.0. The quantitative estimate of drug-likeness (QED) is 0.804. The minimum Gasteiger partial charge on any atom is -0.396 e. The zero-order chi connectivity index (χ0) is 17.9. The van der Waals surface area contributed by atoms with Gasteiger partial charge in [-0.05, 0) is 37.1 Å². The van der Waals surface area contributed by atoms with Gasteiger partial charge in [0.25, 0.3) is 5.91 Å². The molecule has 1 aromatic rings. The molecule has 0 saturated carbocycles. The molecule has 3 aliphatic heterocycles. The summed E-state index contributed by atoms with van der Waals surface area (Å²) in [5.74, 6) is 0.184. The van der Waals surface area contributed by atoms with Gasteiger partial charge in [0, 0.05) is 50.9 Å². The Balaban J connectivity index is 1.22. The average Bonchev–Trinajstić information content (AvgIpc) is 3.31. The fraction of sp³-hybridized carbons (Fsp3) is 0.737. The van der Waals surface area contributed by atoms with Gasteiger partial charge in [-0.3, -0.25) is 9.69 Å². The minimum atomic E-state index is 0.182. The van der Waals surface area contributed by atoms with Crippen LogP contribution in [0, 0.1) is 0 Å². The van der Waals surface area contributed by atoms with E-state index in [0.29, 0.717) is 18.1 Å². The number of nitrogens with zero attached hydrogens (tertiary/aromatic N) is 2. The van der Waals surface area contributed by atoms with Crippen LogP contribution in [-0.2, 0) is 4.74 Å². The summed E-state index contributed by atoms with van der Waals surface area (Å²) >= 11 is 1.53. The maximum atomic E-state index is 12.4. The fourth-order valence-electron chi connectivity index (χ4n) is 4.52.